The minimum absolute atomic E-state index is 0.0891. The molecule has 0 amide bonds. The molecule has 0 unspecified atom stereocenters. The molecular formula is C22H14N4O4S2. The highest BCUT2D eigenvalue weighted by molar-refractivity contribution is 7.17. The van der Waals surface area contributed by atoms with Crippen molar-refractivity contribution in [2.45, 2.75) is 0 Å². The molecule has 0 bridgehead atoms. The van der Waals surface area contributed by atoms with Crippen molar-refractivity contribution in [2.24, 2.45) is 9.98 Å². The van der Waals surface area contributed by atoms with E-state index in [2.05, 4.69) is 9.98 Å². The molecule has 2 heterocycles. The van der Waals surface area contributed by atoms with E-state index in [-0.39, 0.29) is 10.0 Å². The molecule has 0 aliphatic heterocycles. The molecule has 0 aliphatic rings. The first kappa shape index (κ1) is 21.2. The van der Waals surface area contributed by atoms with Crippen LogP contribution in [0.4, 0.5) is 21.4 Å². The van der Waals surface area contributed by atoms with E-state index in [0.29, 0.717) is 9.75 Å². The standard InChI is InChI=1S/C22H14N4O4S2/c27-25(28)21-11-9-19(31-21)13-23-17-5-1-15(2-6-17)16-3-7-18(8-4-16)24-14-20-10-12-22(32-20)26(29)30/h1-14H. The van der Waals surface area contributed by atoms with Gasteiger partial charge in [0.25, 0.3) is 0 Å². The highest BCUT2D eigenvalue weighted by atomic mass is 32.1. The van der Waals surface area contributed by atoms with Gasteiger partial charge in [-0.3, -0.25) is 30.2 Å². The number of thiophene rings is 2. The average molecular weight is 463 g/mol. The second-order valence-electron chi connectivity index (χ2n) is 6.48. The molecule has 0 fully saturated rings. The lowest BCUT2D eigenvalue weighted by atomic mass is 10.1. The summed E-state index contributed by atoms with van der Waals surface area (Å²) in [5, 5.41) is 21.7. The van der Waals surface area contributed by atoms with Gasteiger partial charge in [0.2, 0.25) is 0 Å². The molecule has 0 aliphatic carbocycles. The monoisotopic (exact) mass is 462 g/mol. The molecule has 32 heavy (non-hydrogen) atoms. The molecule has 8 nitrogen and oxygen atoms in total. The van der Waals surface area contributed by atoms with Crippen molar-refractivity contribution >= 4 is 56.5 Å². The molecule has 0 radical (unpaired) electrons. The lowest BCUT2D eigenvalue weighted by molar-refractivity contribution is -0.380. The first-order valence-corrected chi connectivity index (χ1v) is 10.9. The Labute approximate surface area is 190 Å². The fourth-order valence-electron chi connectivity index (χ4n) is 2.78. The third kappa shape index (κ3) is 5.17. The quantitative estimate of drug-likeness (QED) is 0.171. The number of hydrogen-bond acceptors (Lipinski definition) is 8. The van der Waals surface area contributed by atoms with Crippen LogP contribution in [0.1, 0.15) is 9.75 Å². The van der Waals surface area contributed by atoms with Gasteiger partial charge in [-0.15, -0.1) is 0 Å². The van der Waals surface area contributed by atoms with E-state index >= 15 is 0 Å². The van der Waals surface area contributed by atoms with Crippen LogP contribution in [-0.2, 0) is 0 Å². The van der Waals surface area contributed by atoms with Crippen LogP contribution >= 0.6 is 22.7 Å². The van der Waals surface area contributed by atoms with Gasteiger partial charge in [-0.05, 0) is 47.5 Å². The molecule has 4 aromatic rings. The topological polar surface area (TPSA) is 111 Å². The number of rotatable bonds is 7. The summed E-state index contributed by atoms with van der Waals surface area (Å²) in [4.78, 5) is 30.8. The second-order valence-corrected chi connectivity index (χ2v) is 8.66. The van der Waals surface area contributed by atoms with Gasteiger partial charge >= 0.3 is 10.0 Å². The minimum atomic E-state index is -0.415. The van der Waals surface area contributed by atoms with Crippen molar-refractivity contribution in [3.8, 4) is 11.1 Å². The van der Waals surface area contributed by atoms with E-state index < -0.39 is 9.85 Å². The summed E-state index contributed by atoms with van der Waals surface area (Å²) in [6.07, 6.45) is 3.23. The molecule has 0 spiro atoms. The first-order valence-electron chi connectivity index (χ1n) is 9.25. The molecule has 0 saturated carbocycles. The Hall–Kier alpha value is -4.02. The maximum Gasteiger partial charge on any atom is 0.324 e. The summed E-state index contributed by atoms with van der Waals surface area (Å²) >= 11 is 2.15. The van der Waals surface area contributed by atoms with Crippen LogP contribution in [0.5, 0.6) is 0 Å². The lowest BCUT2D eigenvalue weighted by Crippen LogP contribution is -1.80. The summed E-state index contributed by atoms with van der Waals surface area (Å²) in [6.45, 7) is 0. The van der Waals surface area contributed by atoms with Crippen LogP contribution in [0.25, 0.3) is 11.1 Å². The Kier molecular flexibility index (Phi) is 6.24. The molecule has 0 saturated heterocycles. The first-order chi connectivity index (χ1) is 15.5. The Morgan fingerprint density at radius 3 is 1.28 bits per heavy atom. The predicted molar refractivity (Wildman–Crippen MR) is 128 cm³/mol. The summed E-state index contributed by atoms with van der Waals surface area (Å²) in [6, 6.07) is 21.6. The van der Waals surface area contributed by atoms with E-state index in [1.165, 1.54) is 12.1 Å². The van der Waals surface area contributed by atoms with Crippen molar-refractivity contribution in [3.05, 3.63) is 103 Å². The van der Waals surface area contributed by atoms with Crippen molar-refractivity contribution in [3.63, 3.8) is 0 Å². The SMILES string of the molecule is O=[N+]([O-])c1ccc(C=Nc2ccc(-c3ccc(N=Cc4ccc([N+](=O)[O-])s4)cc3)cc2)s1. The highest BCUT2D eigenvalue weighted by Gasteiger charge is 2.09. The van der Waals surface area contributed by atoms with E-state index in [9.17, 15) is 20.2 Å². The van der Waals surface area contributed by atoms with E-state index in [0.717, 1.165) is 45.2 Å². The van der Waals surface area contributed by atoms with Crippen LogP contribution in [0.3, 0.4) is 0 Å². The molecule has 0 atom stereocenters. The smallest absolute Gasteiger partial charge is 0.258 e. The second kappa shape index (κ2) is 9.41. The highest BCUT2D eigenvalue weighted by Crippen LogP contribution is 2.27. The van der Waals surface area contributed by atoms with Crippen LogP contribution < -0.4 is 0 Å². The summed E-state index contributed by atoms with van der Waals surface area (Å²) in [7, 11) is 0. The number of nitrogens with zero attached hydrogens (tertiary/aromatic N) is 4. The number of nitro groups is 2. The van der Waals surface area contributed by atoms with E-state index in [4.69, 9.17) is 0 Å². The van der Waals surface area contributed by atoms with Crippen molar-refractivity contribution < 1.29 is 9.85 Å². The van der Waals surface area contributed by atoms with E-state index in [1.807, 2.05) is 48.5 Å². The molecule has 2 aromatic heterocycles. The van der Waals surface area contributed by atoms with Gasteiger partial charge in [0.1, 0.15) is 0 Å². The van der Waals surface area contributed by atoms with Gasteiger partial charge in [0, 0.05) is 24.6 Å². The van der Waals surface area contributed by atoms with Crippen molar-refractivity contribution in [2.75, 3.05) is 0 Å². The third-order valence-corrected chi connectivity index (χ3v) is 6.28. The lowest BCUT2D eigenvalue weighted by Gasteiger charge is -2.03. The maximum atomic E-state index is 10.7. The zero-order valence-corrected chi connectivity index (χ0v) is 18.0. The van der Waals surface area contributed by atoms with Crippen LogP contribution in [0, 0.1) is 20.2 Å². The number of hydrogen-bond donors (Lipinski definition) is 0. The van der Waals surface area contributed by atoms with Crippen LogP contribution in [0.2, 0.25) is 0 Å². The molecule has 10 heteroatoms. The molecule has 158 valence electrons. The van der Waals surface area contributed by atoms with Gasteiger partial charge in [0.05, 0.1) is 31.0 Å². The Morgan fingerprint density at radius 2 is 0.969 bits per heavy atom. The average Bonchev–Trinajstić information content (AvgIpc) is 3.47. The Balaban J connectivity index is 1.41. The van der Waals surface area contributed by atoms with Gasteiger partial charge < -0.3 is 0 Å². The number of benzene rings is 2. The van der Waals surface area contributed by atoms with Gasteiger partial charge in [0.15, 0.2) is 0 Å². The largest absolute Gasteiger partial charge is 0.324 e. The van der Waals surface area contributed by atoms with Gasteiger partial charge in [-0.1, -0.05) is 46.9 Å². The summed E-state index contributed by atoms with van der Waals surface area (Å²) in [5.41, 5.74) is 3.52. The fourth-order valence-corrected chi connectivity index (χ4v) is 4.16. The normalized spacial score (nSPS) is 11.4. The predicted octanol–water partition coefficient (Wildman–Crippen LogP) is 6.79. The van der Waals surface area contributed by atoms with Gasteiger partial charge in [-0.25, -0.2) is 0 Å². The van der Waals surface area contributed by atoms with Crippen molar-refractivity contribution in [1.82, 2.24) is 0 Å². The third-order valence-electron chi connectivity index (χ3n) is 4.33. The zero-order chi connectivity index (χ0) is 22.5. The zero-order valence-electron chi connectivity index (χ0n) is 16.3. The Bertz CT molecular complexity index is 1220. The molecular weight excluding hydrogens is 448 g/mol. The summed E-state index contributed by atoms with van der Waals surface area (Å²) < 4.78 is 0. The molecule has 0 N–H and O–H groups in total. The maximum absolute atomic E-state index is 10.7. The van der Waals surface area contributed by atoms with Crippen LogP contribution in [0.15, 0.2) is 82.8 Å². The van der Waals surface area contributed by atoms with Crippen LogP contribution in [-0.4, -0.2) is 22.3 Å². The van der Waals surface area contributed by atoms with Crippen molar-refractivity contribution in [1.29, 1.82) is 0 Å². The molecule has 2 aromatic carbocycles. The Morgan fingerprint density at radius 1 is 0.594 bits per heavy atom. The number of aliphatic imine (C=N–C) groups is 2. The van der Waals surface area contributed by atoms with Gasteiger partial charge in [-0.2, -0.15) is 0 Å². The minimum Gasteiger partial charge on any atom is -0.258 e. The van der Waals surface area contributed by atoms with E-state index in [1.54, 1.807) is 24.6 Å². The fraction of sp³-hybridized carbons (Fsp3) is 0. The molecule has 4 rings (SSSR count). The summed E-state index contributed by atoms with van der Waals surface area (Å²) in [5.74, 6) is 0.